The summed E-state index contributed by atoms with van der Waals surface area (Å²) in [6, 6.07) is 0.161. The molecule has 0 bridgehead atoms. The Morgan fingerprint density at radius 1 is 0.944 bits per heavy atom. The fraction of sp³-hybridized carbons (Fsp3) is 0.792. The minimum atomic E-state index is -4.49. The van der Waals surface area contributed by atoms with Gasteiger partial charge in [-0.3, -0.25) is 5.10 Å². The van der Waals surface area contributed by atoms with Crippen molar-refractivity contribution in [2.45, 2.75) is 75.8 Å². The van der Waals surface area contributed by atoms with Crippen molar-refractivity contribution in [3.63, 3.8) is 0 Å². The number of urea groups is 1. The van der Waals surface area contributed by atoms with Gasteiger partial charge in [0.05, 0.1) is 0 Å². The number of H-pyrrole nitrogens is 2. The van der Waals surface area contributed by atoms with Crippen molar-refractivity contribution in [2.75, 3.05) is 26.2 Å². The third-order valence-electron chi connectivity index (χ3n) is 9.30. The zero-order valence-electron chi connectivity index (χ0n) is 20.1. The highest BCUT2D eigenvalue weighted by Crippen LogP contribution is 2.56. The van der Waals surface area contributed by atoms with E-state index in [4.69, 9.17) is 4.98 Å². The number of carbonyl (C=O) groups excluding carboxylic acids is 1. The molecule has 2 aromatic rings. The van der Waals surface area contributed by atoms with Crippen molar-refractivity contribution in [2.24, 2.45) is 16.7 Å². The van der Waals surface area contributed by atoms with Gasteiger partial charge in [0.1, 0.15) is 11.6 Å². The number of amides is 2. The molecule has 7 rings (SSSR count). The summed E-state index contributed by atoms with van der Waals surface area (Å²) < 4.78 is 38.2. The molecule has 2 N–H and O–H groups in total. The summed E-state index contributed by atoms with van der Waals surface area (Å²) in [5.74, 6) is 2.61. The molecule has 2 aromatic heterocycles. The van der Waals surface area contributed by atoms with Gasteiger partial charge >= 0.3 is 12.2 Å². The Kier molecular flexibility index (Phi) is 4.80. The number of nitrogens with one attached hydrogen (secondary N) is 2. The first-order valence-corrected chi connectivity index (χ1v) is 13.1. The zero-order valence-corrected chi connectivity index (χ0v) is 20.1. The van der Waals surface area contributed by atoms with Crippen molar-refractivity contribution in [1.82, 2.24) is 40.2 Å². The Morgan fingerprint density at radius 3 is 2.22 bits per heavy atom. The second-order valence-corrected chi connectivity index (χ2v) is 12.2. The molecule has 4 heterocycles. The maximum atomic E-state index is 13.0. The number of carbonyl (C=O) groups is 1. The number of aromatic nitrogens is 6. The van der Waals surface area contributed by atoms with Crippen LogP contribution in [0.5, 0.6) is 0 Å². The largest absolute Gasteiger partial charge is 0.451 e. The predicted octanol–water partition coefficient (Wildman–Crippen LogP) is 3.85. The summed E-state index contributed by atoms with van der Waals surface area (Å²) in [6.45, 7) is 3.28. The first-order chi connectivity index (χ1) is 17.2. The molecule has 2 saturated heterocycles. The minimum Gasteiger partial charge on any atom is -0.323 e. The Labute approximate surface area is 206 Å². The van der Waals surface area contributed by atoms with E-state index in [-0.39, 0.29) is 16.9 Å². The van der Waals surface area contributed by atoms with E-state index in [0.717, 1.165) is 76.4 Å². The van der Waals surface area contributed by atoms with Crippen LogP contribution >= 0.6 is 0 Å². The highest BCUT2D eigenvalue weighted by molar-refractivity contribution is 5.76. The average Bonchev–Trinajstić information content (AvgIpc) is 3.29. The second-order valence-electron chi connectivity index (χ2n) is 12.2. The van der Waals surface area contributed by atoms with Crippen LogP contribution in [0.4, 0.5) is 18.0 Å². The Balaban J connectivity index is 0.843. The van der Waals surface area contributed by atoms with Gasteiger partial charge in [-0.25, -0.2) is 9.78 Å². The summed E-state index contributed by atoms with van der Waals surface area (Å²) in [5, 5.41) is 14.4. The molecule has 0 radical (unpaired) electrons. The van der Waals surface area contributed by atoms with Crippen molar-refractivity contribution in [3.8, 4) is 0 Å². The van der Waals surface area contributed by atoms with Gasteiger partial charge in [0.25, 0.3) is 0 Å². The molecule has 12 heteroatoms. The van der Waals surface area contributed by atoms with Gasteiger partial charge in [-0.15, -0.1) is 10.2 Å². The van der Waals surface area contributed by atoms with Crippen LogP contribution in [0, 0.1) is 16.7 Å². The van der Waals surface area contributed by atoms with Crippen LogP contribution in [0.15, 0.2) is 0 Å². The van der Waals surface area contributed by atoms with Crippen LogP contribution in [-0.4, -0.2) is 72.4 Å². The quantitative estimate of drug-likeness (QED) is 0.658. The second kappa shape index (κ2) is 7.67. The molecule has 0 unspecified atom stereocenters. The smallest absolute Gasteiger partial charge is 0.323 e. The summed E-state index contributed by atoms with van der Waals surface area (Å²) in [4.78, 5) is 24.0. The van der Waals surface area contributed by atoms with E-state index in [9.17, 15) is 18.0 Å². The summed E-state index contributed by atoms with van der Waals surface area (Å²) >= 11 is 0. The molecule has 5 aliphatic rings. The fourth-order valence-electron chi connectivity index (χ4n) is 7.03. The number of aromatic amines is 2. The van der Waals surface area contributed by atoms with Crippen LogP contribution in [0.1, 0.15) is 86.5 Å². The van der Waals surface area contributed by atoms with Crippen molar-refractivity contribution in [3.05, 3.63) is 23.3 Å². The molecule has 2 amide bonds. The summed E-state index contributed by atoms with van der Waals surface area (Å²) in [6.07, 6.45) is 4.48. The lowest BCUT2D eigenvalue weighted by Crippen LogP contribution is -2.69. The third-order valence-corrected chi connectivity index (χ3v) is 9.30. The van der Waals surface area contributed by atoms with Crippen LogP contribution in [-0.2, 0) is 12.6 Å². The lowest BCUT2D eigenvalue weighted by Gasteiger charge is -2.61. The van der Waals surface area contributed by atoms with Gasteiger partial charge in [0, 0.05) is 55.3 Å². The van der Waals surface area contributed by atoms with E-state index in [2.05, 4.69) is 25.4 Å². The van der Waals surface area contributed by atoms with Crippen LogP contribution in [0.25, 0.3) is 0 Å². The molecule has 3 aliphatic carbocycles. The number of nitrogens with zero attached hydrogens (tertiary/aromatic N) is 6. The third kappa shape index (κ3) is 3.87. The number of likely N-dealkylation sites (tertiary alicyclic amines) is 2. The van der Waals surface area contributed by atoms with Gasteiger partial charge in [0.15, 0.2) is 5.82 Å². The van der Waals surface area contributed by atoms with Gasteiger partial charge < -0.3 is 14.8 Å². The summed E-state index contributed by atoms with van der Waals surface area (Å²) in [5.41, 5.74) is 0.445. The number of hydrogen-bond acceptors (Lipinski definition) is 5. The maximum Gasteiger partial charge on any atom is 0.451 e. The van der Waals surface area contributed by atoms with E-state index in [1.54, 1.807) is 0 Å². The van der Waals surface area contributed by atoms with Crippen molar-refractivity contribution < 1.29 is 18.0 Å². The van der Waals surface area contributed by atoms with E-state index in [0.29, 0.717) is 30.0 Å². The van der Waals surface area contributed by atoms with Crippen LogP contribution in [0.2, 0.25) is 0 Å². The normalized spacial score (nSPS) is 25.6. The zero-order chi connectivity index (χ0) is 24.7. The highest BCUT2D eigenvalue weighted by atomic mass is 19.4. The molecule has 3 saturated carbocycles. The first kappa shape index (κ1) is 22.5. The van der Waals surface area contributed by atoms with E-state index < -0.39 is 12.0 Å². The summed E-state index contributed by atoms with van der Waals surface area (Å²) in [7, 11) is 0. The Bertz CT molecular complexity index is 1140. The number of alkyl halides is 3. The SMILES string of the molecule is O=C(N1CC2(CCC(Cc3nnc(C(F)(F)F)[nH]3)CC2)C1)N1CC2(CC(c3nc(C4CC4)n[nH]3)C2)C1. The highest BCUT2D eigenvalue weighted by Gasteiger charge is 2.57. The molecule has 2 spiro atoms. The topological polar surface area (TPSA) is 107 Å². The molecule has 0 atom stereocenters. The maximum absolute atomic E-state index is 13.0. The van der Waals surface area contributed by atoms with Gasteiger partial charge in [0.2, 0.25) is 5.82 Å². The lowest BCUT2D eigenvalue weighted by atomic mass is 9.57. The number of rotatable bonds is 4. The first-order valence-electron chi connectivity index (χ1n) is 13.1. The van der Waals surface area contributed by atoms with Gasteiger partial charge in [-0.1, -0.05) is 0 Å². The molecular formula is C24H31F3N8O. The number of halogens is 3. The van der Waals surface area contributed by atoms with Crippen molar-refractivity contribution in [1.29, 1.82) is 0 Å². The van der Waals surface area contributed by atoms with E-state index in [1.807, 2.05) is 9.80 Å². The molecule has 0 aromatic carbocycles. The van der Waals surface area contributed by atoms with Crippen LogP contribution in [0.3, 0.4) is 0 Å². The van der Waals surface area contributed by atoms with Gasteiger partial charge in [-0.2, -0.15) is 18.3 Å². The lowest BCUT2D eigenvalue weighted by molar-refractivity contribution is -0.144. The molecule has 5 fully saturated rings. The molecule has 36 heavy (non-hydrogen) atoms. The van der Waals surface area contributed by atoms with E-state index >= 15 is 0 Å². The Morgan fingerprint density at radius 2 is 1.61 bits per heavy atom. The molecule has 9 nitrogen and oxygen atoms in total. The minimum absolute atomic E-state index is 0.161. The Hall–Kier alpha value is -2.66. The average molecular weight is 505 g/mol. The molecule has 194 valence electrons. The molecule has 2 aliphatic heterocycles. The monoisotopic (exact) mass is 504 g/mol. The fourth-order valence-corrected chi connectivity index (χ4v) is 7.03. The standard InChI is InChI=1S/C24H31F3N8O/c25-24(26,27)20-28-17(30-33-20)7-14-3-5-22(6-4-14)10-34(11-22)21(36)35-12-23(13-35)8-16(9-23)19-29-18(31-32-19)15-1-2-15/h14-16H,1-13H2,(H,28,30,33)(H,29,31,32). The van der Waals surface area contributed by atoms with E-state index in [1.165, 1.54) is 12.8 Å². The molecular weight excluding hydrogens is 473 g/mol. The van der Waals surface area contributed by atoms with Crippen molar-refractivity contribution >= 4 is 6.03 Å². The van der Waals surface area contributed by atoms with Gasteiger partial charge in [-0.05, 0) is 57.3 Å². The predicted molar refractivity (Wildman–Crippen MR) is 121 cm³/mol. The number of hydrogen-bond donors (Lipinski definition) is 2. The van der Waals surface area contributed by atoms with Crippen LogP contribution < -0.4 is 0 Å².